The summed E-state index contributed by atoms with van der Waals surface area (Å²) in [6, 6.07) is 10.1. The summed E-state index contributed by atoms with van der Waals surface area (Å²) in [5.41, 5.74) is 1.07. The van der Waals surface area contributed by atoms with Crippen LogP contribution in [0.1, 0.15) is 26.3 Å². The third kappa shape index (κ3) is 4.46. The first-order valence-corrected chi connectivity index (χ1v) is 7.26. The fraction of sp³-hybridized carbons (Fsp3) is 0.353. The molecule has 4 nitrogen and oxygen atoms in total. The molecule has 2 aromatic rings. The lowest BCUT2D eigenvalue weighted by molar-refractivity contribution is 0.320. The smallest absolute Gasteiger partial charge is 0.169 e. The Morgan fingerprint density at radius 1 is 1.10 bits per heavy atom. The summed E-state index contributed by atoms with van der Waals surface area (Å²) >= 11 is 0. The molecule has 0 bridgehead atoms. The second kappa shape index (κ2) is 7.64. The van der Waals surface area contributed by atoms with Crippen molar-refractivity contribution in [3.05, 3.63) is 48.3 Å². The van der Waals surface area contributed by atoms with E-state index in [0.29, 0.717) is 18.4 Å². The Bertz CT molecular complexity index is 570. The number of nitrogens with one attached hydrogen (secondary N) is 1. The standard InChI is InChI=1S/C17H22N2O2/c1-4-20-15-7-5-6-8-16(15)21-17-12-18-10-9-14(17)11-19-13(2)3/h5-10,12-13,19H,4,11H2,1-3H3. The summed E-state index contributed by atoms with van der Waals surface area (Å²) in [6.45, 7) is 7.54. The monoisotopic (exact) mass is 286 g/mol. The molecule has 2 rings (SSSR count). The van der Waals surface area contributed by atoms with E-state index in [1.165, 1.54) is 0 Å². The van der Waals surface area contributed by atoms with Gasteiger partial charge >= 0.3 is 0 Å². The molecule has 1 aromatic carbocycles. The van der Waals surface area contributed by atoms with Gasteiger partial charge in [-0.15, -0.1) is 0 Å². The van der Waals surface area contributed by atoms with Gasteiger partial charge in [0.1, 0.15) is 5.75 Å². The van der Waals surface area contributed by atoms with Gasteiger partial charge in [-0.25, -0.2) is 0 Å². The molecule has 0 fully saturated rings. The minimum atomic E-state index is 0.418. The normalized spacial score (nSPS) is 10.7. The molecule has 0 atom stereocenters. The number of benzene rings is 1. The minimum absolute atomic E-state index is 0.418. The summed E-state index contributed by atoms with van der Waals surface area (Å²) in [4.78, 5) is 4.15. The van der Waals surface area contributed by atoms with E-state index < -0.39 is 0 Å². The van der Waals surface area contributed by atoms with Crippen LogP contribution in [-0.4, -0.2) is 17.6 Å². The van der Waals surface area contributed by atoms with E-state index in [1.54, 1.807) is 12.4 Å². The van der Waals surface area contributed by atoms with Gasteiger partial charge in [0.2, 0.25) is 0 Å². The molecule has 0 spiro atoms. The molecule has 0 saturated heterocycles. The van der Waals surface area contributed by atoms with Crippen molar-refractivity contribution in [3.63, 3.8) is 0 Å². The summed E-state index contributed by atoms with van der Waals surface area (Å²) < 4.78 is 11.6. The maximum atomic E-state index is 6.00. The zero-order valence-electron chi connectivity index (χ0n) is 12.8. The molecule has 0 amide bonds. The number of hydrogen-bond donors (Lipinski definition) is 1. The lowest BCUT2D eigenvalue weighted by atomic mass is 10.2. The Morgan fingerprint density at radius 2 is 1.86 bits per heavy atom. The zero-order chi connectivity index (χ0) is 15.1. The van der Waals surface area contributed by atoms with E-state index >= 15 is 0 Å². The van der Waals surface area contributed by atoms with Crippen molar-refractivity contribution in [2.45, 2.75) is 33.4 Å². The van der Waals surface area contributed by atoms with Crippen LogP contribution < -0.4 is 14.8 Å². The molecular weight excluding hydrogens is 264 g/mol. The molecule has 0 unspecified atom stereocenters. The molecule has 0 aliphatic heterocycles. The largest absolute Gasteiger partial charge is 0.490 e. The summed E-state index contributed by atoms with van der Waals surface area (Å²) in [6.07, 6.45) is 3.51. The SMILES string of the molecule is CCOc1ccccc1Oc1cnccc1CNC(C)C. The van der Waals surface area contributed by atoms with Crippen molar-refractivity contribution in [3.8, 4) is 17.2 Å². The van der Waals surface area contributed by atoms with Crippen LogP contribution in [0.5, 0.6) is 17.2 Å². The van der Waals surface area contributed by atoms with Gasteiger partial charge in [0.05, 0.1) is 12.8 Å². The van der Waals surface area contributed by atoms with Crippen molar-refractivity contribution in [2.24, 2.45) is 0 Å². The molecule has 1 aromatic heterocycles. The molecule has 21 heavy (non-hydrogen) atoms. The Morgan fingerprint density at radius 3 is 2.57 bits per heavy atom. The average Bonchev–Trinajstić information content (AvgIpc) is 2.48. The van der Waals surface area contributed by atoms with E-state index in [1.807, 2.05) is 37.3 Å². The van der Waals surface area contributed by atoms with Gasteiger partial charge < -0.3 is 14.8 Å². The van der Waals surface area contributed by atoms with Gasteiger partial charge in [0.15, 0.2) is 11.5 Å². The maximum Gasteiger partial charge on any atom is 0.169 e. The minimum Gasteiger partial charge on any atom is -0.490 e. The predicted octanol–water partition coefficient (Wildman–Crippen LogP) is 3.77. The third-order valence-electron chi connectivity index (χ3n) is 2.94. The van der Waals surface area contributed by atoms with Crippen molar-refractivity contribution in [1.29, 1.82) is 0 Å². The highest BCUT2D eigenvalue weighted by Crippen LogP contribution is 2.32. The predicted molar refractivity (Wildman–Crippen MR) is 83.9 cm³/mol. The van der Waals surface area contributed by atoms with Crippen molar-refractivity contribution in [1.82, 2.24) is 10.3 Å². The molecule has 1 heterocycles. The first kappa shape index (κ1) is 15.3. The van der Waals surface area contributed by atoms with Crippen LogP contribution >= 0.6 is 0 Å². The van der Waals surface area contributed by atoms with Gasteiger partial charge in [-0.3, -0.25) is 4.98 Å². The fourth-order valence-electron chi connectivity index (χ4n) is 1.89. The second-order valence-corrected chi connectivity index (χ2v) is 5.00. The summed E-state index contributed by atoms with van der Waals surface area (Å²) in [5.74, 6) is 2.20. The number of nitrogens with zero attached hydrogens (tertiary/aromatic N) is 1. The highest BCUT2D eigenvalue weighted by Gasteiger charge is 2.09. The average molecular weight is 286 g/mol. The van der Waals surface area contributed by atoms with Crippen LogP contribution in [-0.2, 0) is 6.54 Å². The lowest BCUT2D eigenvalue weighted by Gasteiger charge is -2.15. The number of ether oxygens (including phenoxy) is 2. The van der Waals surface area contributed by atoms with Crippen LogP contribution in [0.3, 0.4) is 0 Å². The number of para-hydroxylation sites is 2. The molecular formula is C17H22N2O2. The second-order valence-electron chi connectivity index (χ2n) is 5.00. The fourth-order valence-corrected chi connectivity index (χ4v) is 1.89. The van der Waals surface area contributed by atoms with Crippen LogP contribution in [0.25, 0.3) is 0 Å². The third-order valence-corrected chi connectivity index (χ3v) is 2.94. The van der Waals surface area contributed by atoms with E-state index in [9.17, 15) is 0 Å². The van der Waals surface area contributed by atoms with Crippen molar-refractivity contribution >= 4 is 0 Å². The number of pyridine rings is 1. The van der Waals surface area contributed by atoms with Crippen molar-refractivity contribution in [2.75, 3.05) is 6.61 Å². The Balaban J connectivity index is 2.19. The lowest BCUT2D eigenvalue weighted by Crippen LogP contribution is -2.22. The summed E-state index contributed by atoms with van der Waals surface area (Å²) in [5, 5.41) is 3.39. The molecule has 112 valence electrons. The number of hydrogen-bond acceptors (Lipinski definition) is 4. The Kier molecular flexibility index (Phi) is 5.58. The molecule has 0 saturated carbocycles. The van der Waals surface area contributed by atoms with Crippen LogP contribution in [0.4, 0.5) is 0 Å². The van der Waals surface area contributed by atoms with Gasteiger partial charge in [-0.2, -0.15) is 0 Å². The molecule has 1 N–H and O–H groups in total. The van der Waals surface area contributed by atoms with Gasteiger partial charge in [-0.1, -0.05) is 26.0 Å². The molecule has 4 heteroatoms. The molecule has 0 aliphatic rings. The topological polar surface area (TPSA) is 43.4 Å². The molecule has 0 radical (unpaired) electrons. The number of aromatic nitrogens is 1. The first-order valence-electron chi connectivity index (χ1n) is 7.26. The Labute approximate surface area is 126 Å². The highest BCUT2D eigenvalue weighted by atomic mass is 16.5. The van der Waals surface area contributed by atoms with Gasteiger partial charge in [-0.05, 0) is 25.1 Å². The van der Waals surface area contributed by atoms with Crippen LogP contribution in [0.2, 0.25) is 0 Å². The maximum absolute atomic E-state index is 6.00. The van der Waals surface area contributed by atoms with E-state index in [-0.39, 0.29) is 0 Å². The van der Waals surface area contributed by atoms with Crippen LogP contribution in [0.15, 0.2) is 42.7 Å². The summed E-state index contributed by atoms with van der Waals surface area (Å²) in [7, 11) is 0. The van der Waals surface area contributed by atoms with Gasteiger partial charge in [0.25, 0.3) is 0 Å². The van der Waals surface area contributed by atoms with E-state index in [2.05, 4.69) is 24.1 Å². The van der Waals surface area contributed by atoms with Gasteiger partial charge in [0, 0.05) is 24.3 Å². The van der Waals surface area contributed by atoms with Crippen molar-refractivity contribution < 1.29 is 9.47 Å². The first-order chi connectivity index (χ1) is 10.2. The quantitative estimate of drug-likeness (QED) is 0.841. The van der Waals surface area contributed by atoms with Crippen LogP contribution in [0, 0.1) is 0 Å². The molecule has 0 aliphatic carbocycles. The zero-order valence-corrected chi connectivity index (χ0v) is 12.8. The Hall–Kier alpha value is -2.07. The van der Waals surface area contributed by atoms with E-state index in [0.717, 1.165) is 23.6 Å². The number of rotatable bonds is 7. The van der Waals surface area contributed by atoms with E-state index in [4.69, 9.17) is 9.47 Å². The highest BCUT2D eigenvalue weighted by molar-refractivity contribution is 5.44.